The normalized spacial score (nSPS) is 10.6. The molecule has 0 amide bonds. The maximum absolute atomic E-state index is 9.37. The van der Waals surface area contributed by atoms with E-state index in [2.05, 4.69) is 45.7 Å². The first kappa shape index (κ1) is 15.8. The number of aryl methyl sites for hydroxylation is 1. The molecule has 6 heteroatoms. The first-order valence-corrected chi connectivity index (χ1v) is 8.24. The van der Waals surface area contributed by atoms with Crippen LogP contribution >= 0.6 is 0 Å². The summed E-state index contributed by atoms with van der Waals surface area (Å²) in [6.45, 7) is 2.78. The van der Waals surface area contributed by atoms with Gasteiger partial charge in [-0.2, -0.15) is 10.4 Å². The fourth-order valence-electron chi connectivity index (χ4n) is 2.88. The molecule has 4 aromatic rings. The Bertz CT molecular complexity index is 1120. The molecule has 0 saturated heterocycles. The van der Waals surface area contributed by atoms with Crippen LogP contribution in [-0.4, -0.2) is 20.0 Å². The number of hydrogen-bond donors (Lipinski definition) is 1. The lowest BCUT2D eigenvalue weighted by atomic mass is 10.1. The molecule has 0 spiro atoms. The van der Waals surface area contributed by atoms with Crippen LogP contribution in [-0.2, 0) is 6.54 Å². The van der Waals surface area contributed by atoms with Gasteiger partial charge in [0.15, 0.2) is 5.69 Å². The molecule has 0 fully saturated rings. The van der Waals surface area contributed by atoms with Gasteiger partial charge in [0, 0.05) is 11.6 Å². The number of rotatable bonds is 4. The van der Waals surface area contributed by atoms with Crippen LogP contribution < -0.4 is 5.32 Å². The highest BCUT2D eigenvalue weighted by Gasteiger charge is 2.11. The highest BCUT2D eigenvalue weighted by Crippen LogP contribution is 2.27. The Morgan fingerprint density at radius 2 is 1.88 bits per heavy atom. The standard InChI is InChI=1S/C20H16N6/c1-14-6-2-3-7-15(14)12-26-13-16(11-22-26)23-20-17-8-4-5-9-18(17)24-25-19(20)10-21/h2-9,11,13H,12H2,1H3,(H,23,24). The summed E-state index contributed by atoms with van der Waals surface area (Å²) in [4.78, 5) is 0. The highest BCUT2D eigenvalue weighted by atomic mass is 15.3. The molecule has 2 heterocycles. The molecule has 0 atom stereocenters. The quantitative estimate of drug-likeness (QED) is 0.611. The summed E-state index contributed by atoms with van der Waals surface area (Å²) in [5, 5.41) is 26.0. The predicted molar refractivity (Wildman–Crippen MR) is 100 cm³/mol. The average Bonchev–Trinajstić information content (AvgIpc) is 3.11. The van der Waals surface area contributed by atoms with E-state index in [4.69, 9.17) is 0 Å². The molecule has 0 aliphatic heterocycles. The van der Waals surface area contributed by atoms with Gasteiger partial charge in [0.1, 0.15) is 6.07 Å². The van der Waals surface area contributed by atoms with E-state index in [0.717, 1.165) is 16.6 Å². The zero-order valence-corrected chi connectivity index (χ0v) is 14.2. The number of fused-ring (bicyclic) bond motifs is 1. The van der Waals surface area contributed by atoms with Crippen LogP contribution in [0.25, 0.3) is 10.9 Å². The van der Waals surface area contributed by atoms with E-state index in [9.17, 15) is 5.26 Å². The minimum absolute atomic E-state index is 0.260. The van der Waals surface area contributed by atoms with Crippen molar-refractivity contribution in [1.82, 2.24) is 20.0 Å². The van der Waals surface area contributed by atoms with Crippen LogP contribution in [0.1, 0.15) is 16.8 Å². The van der Waals surface area contributed by atoms with Gasteiger partial charge in [0.2, 0.25) is 0 Å². The summed E-state index contributed by atoms with van der Waals surface area (Å²) in [5.41, 5.74) is 4.89. The van der Waals surface area contributed by atoms with Gasteiger partial charge in [0.05, 0.1) is 29.6 Å². The molecule has 1 N–H and O–H groups in total. The number of nitrogens with zero attached hydrogens (tertiary/aromatic N) is 5. The minimum Gasteiger partial charge on any atom is -0.350 e. The smallest absolute Gasteiger partial charge is 0.187 e. The van der Waals surface area contributed by atoms with Gasteiger partial charge in [-0.3, -0.25) is 4.68 Å². The van der Waals surface area contributed by atoms with E-state index in [-0.39, 0.29) is 5.69 Å². The third-order valence-electron chi connectivity index (χ3n) is 4.27. The summed E-state index contributed by atoms with van der Waals surface area (Å²) in [6, 6.07) is 17.9. The van der Waals surface area contributed by atoms with Crippen molar-refractivity contribution in [3.8, 4) is 6.07 Å². The lowest BCUT2D eigenvalue weighted by molar-refractivity contribution is 0.684. The third kappa shape index (κ3) is 2.98. The fourth-order valence-corrected chi connectivity index (χ4v) is 2.88. The number of benzene rings is 2. The molecule has 2 aromatic heterocycles. The molecule has 2 aromatic carbocycles. The monoisotopic (exact) mass is 340 g/mol. The second-order valence-electron chi connectivity index (χ2n) is 6.03. The second-order valence-corrected chi connectivity index (χ2v) is 6.03. The predicted octanol–water partition coefficient (Wildman–Crippen LogP) is 3.80. The van der Waals surface area contributed by atoms with Crippen molar-refractivity contribution in [2.75, 3.05) is 5.32 Å². The Balaban J connectivity index is 1.65. The van der Waals surface area contributed by atoms with Crippen molar-refractivity contribution in [2.24, 2.45) is 0 Å². The molecule has 0 bridgehead atoms. The van der Waals surface area contributed by atoms with Gasteiger partial charge in [-0.1, -0.05) is 42.5 Å². The van der Waals surface area contributed by atoms with Gasteiger partial charge < -0.3 is 5.32 Å². The molecule has 26 heavy (non-hydrogen) atoms. The van der Waals surface area contributed by atoms with E-state index in [1.165, 1.54) is 11.1 Å². The van der Waals surface area contributed by atoms with Gasteiger partial charge in [-0.25, -0.2) is 0 Å². The maximum atomic E-state index is 9.37. The van der Waals surface area contributed by atoms with Crippen molar-refractivity contribution in [3.63, 3.8) is 0 Å². The molecule has 0 aliphatic rings. The van der Waals surface area contributed by atoms with E-state index >= 15 is 0 Å². The topological polar surface area (TPSA) is 79.4 Å². The van der Waals surface area contributed by atoms with Crippen LogP contribution in [0.3, 0.4) is 0 Å². The third-order valence-corrected chi connectivity index (χ3v) is 4.27. The van der Waals surface area contributed by atoms with Crippen LogP contribution in [0, 0.1) is 18.3 Å². The van der Waals surface area contributed by atoms with Gasteiger partial charge in [-0.15, -0.1) is 10.2 Å². The largest absolute Gasteiger partial charge is 0.350 e. The van der Waals surface area contributed by atoms with Crippen LogP contribution in [0.5, 0.6) is 0 Å². The molecule has 0 aliphatic carbocycles. The van der Waals surface area contributed by atoms with Crippen molar-refractivity contribution < 1.29 is 0 Å². The van der Waals surface area contributed by atoms with E-state index in [1.807, 2.05) is 47.3 Å². The summed E-state index contributed by atoms with van der Waals surface area (Å²) < 4.78 is 1.87. The Hall–Kier alpha value is -3.72. The summed E-state index contributed by atoms with van der Waals surface area (Å²) in [7, 11) is 0. The number of nitriles is 1. The van der Waals surface area contributed by atoms with Crippen LogP contribution in [0.15, 0.2) is 60.9 Å². The zero-order chi connectivity index (χ0) is 17.9. The van der Waals surface area contributed by atoms with E-state index in [0.29, 0.717) is 12.2 Å². The van der Waals surface area contributed by atoms with Gasteiger partial charge in [-0.05, 0) is 24.1 Å². The Morgan fingerprint density at radius 1 is 1.08 bits per heavy atom. The van der Waals surface area contributed by atoms with Crippen molar-refractivity contribution >= 4 is 22.3 Å². The molecular formula is C20H16N6. The molecule has 0 unspecified atom stereocenters. The molecule has 0 saturated carbocycles. The highest BCUT2D eigenvalue weighted by molar-refractivity contribution is 5.94. The number of aromatic nitrogens is 4. The lowest BCUT2D eigenvalue weighted by Gasteiger charge is -2.08. The molecular weight excluding hydrogens is 324 g/mol. The molecule has 0 radical (unpaired) electrons. The lowest BCUT2D eigenvalue weighted by Crippen LogP contribution is -2.02. The van der Waals surface area contributed by atoms with Crippen molar-refractivity contribution in [2.45, 2.75) is 13.5 Å². The van der Waals surface area contributed by atoms with Gasteiger partial charge in [0.25, 0.3) is 0 Å². The Labute approximate surface area is 150 Å². The Morgan fingerprint density at radius 3 is 2.73 bits per heavy atom. The van der Waals surface area contributed by atoms with Crippen molar-refractivity contribution in [3.05, 3.63) is 77.7 Å². The minimum atomic E-state index is 0.260. The Kier molecular flexibility index (Phi) is 4.04. The van der Waals surface area contributed by atoms with Crippen molar-refractivity contribution in [1.29, 1.82) is 5.26 Å². The second kappa shape index (κ2) is 6.65. The average molecular weight is 340 g/mol. The number of hydrogen-bond acceptors (Lipinski definition) is 5. The summed E-state index contributed by atoms with van der Waals surface area (Å²) >= 11 is 0. The van der Waals surface area contributed by atoms with Gasteiger partial charge >= 0.3 is 0 Å². The first-order valence-electron chi connectivity index (χ1n) is 8.24. The summed E-state index contributed by atoms with van der Waals surface area (Å²) in [5.74, 6) is 0. The van der Waals surface area contributed by atoms with Crippen LogP contribution in [0.2, 0.25) is 0 Å². The first-order chi connectivity index (χ1) is 12.7. The molecule has 126 valence electrons. The number of anilines is 2. The SMILES string of the molecule is Cc1ccccc1Cn1cc(Nc2c(C#N)nnc3ccccc23)cn1. The summed E-state index contributed by atoms with van der Waals surface area (Å²) in [6.07, 6.45) is 3.66. The van der Waals surface area contributed by atoms with E-state index < -0.39 is 0 Å². The fraction of sp³-hybridized carbons (Fsp3) is 0.100. The zero-order valence-electron chi connectivity index (χ0n) is 14.2. The van der Waals surface area contributed by atoms with Crippen LogP contribution in [0.4, 0.5) is 11.4 Å². The molecule has 4 rings (SSSR count). The van der Waals surface area contributed by atoms with E-state index in [1.54, 1.807) is 6.20 Å². The maximum Gasteiger partial charge on any atom is 0.187 e. The molecule has 6 nitrogen and oxygen atoms in total. The number of nitrogens with one attached hydrogen (secondary N) is 1.